The van der Waals surface area contributed by atoms with E-state index < -0.39 is 10.0 Å². The van der Waals surface area contributed by atoms with Crippen molar-refractivity contribution < 1.29 is 13.5 Å². The van der Waals surface area contributed by atoms with Crippen molar-refractivity contribution >= 4 is 10.0 Å². The van der Waals surface area contributed by atoms with Crippen molar-refractivity contribution in [2.45, 2.75) is 30.9 Å². The monoisotopic (exact) mass is 298 g/mol. The second-order valence-corrected chi connectivity index (χ2v) is 7.27. The van der Waals surface area contributed by atoms with Crippen molar-refractivity contribution in [1.82, 2.24) is 9.62 Å². The van der Waals surface area contributed by atoms with Gasteiger partial charge in [0.05, 0.1) is 11.5 Å². The quantitative estimate of drug-likeness (QED) is 0.862. The van der Waals surface area contributed by atoms with Gasteiger partial charge in [-0.15, -0.1) is 0 Å². The standard InChI is InChI=1S/C14H22N2O3S/c1-11-9-16(2)8-7-14(11)15-20(18,19)13-5-3-12(10-17)4-6-13/h3-6,11,14-15,17H,7-10H2,1-2H3. The van der Waals surface area contributed by atoms with Crippen LogP contribution in [0.2, 0.25) is 0 Å². The fourth-order valence-corrected chi connectivity index (χ4v) is 3.95. The Morgan fingerprint density at radius 2 is 2.00 bits per heavy atom. The molecule has 0 radical (unpaired) electrons. The summed E-state index contributed by atoms with van der Waals surface area (Å²) in [5.74, 6) is 0.292. The van der Waals surface area contributed by atoms with E-state index in [1.54, 1.807) is 12.1 Å². The van der Waals surface area contributed by atoms with Gasteiger partial charge in [0.25, 0.3) is 0 Å². The van der Waals surface area contributed by atoms with Gasteiger partial charge in [-0.05, 0) is 43.6 Å². The molecule has 2 N–H and O–H groups in total. The summed E-state index contributed by atoms with van der Waals surface area (Å²) in [7, 11) is -1.44. The van der Waals surface area contributed by atoms with Crippen LogP contribution in [0.1, 0.15) is 18.9 Å². The highest BCUT2D eigenvalue weighted by Crippen LogP contribution is 2.19. The highest BCUT2D eigenvalue weighted by molar-refractivity contribution is 7.89. The molecule has 0 saturated carbocycles. The molecule has 6 heteroatoms. The fourth-order valence-electron chi connectivity index (χ4n) is 2.57. The molecule has 1 aromatic carbocycles. The molecule has 0 aromatic heterocycles. The van der Waals surface area contributed by atoms with Gasteiger partial charge in [0.1, 0.15) is 0 Å². The molecule has 1 aromatic rings. The SMILES string of the molecule is CC1CN(C)CCC1NS(=O)(=O)c1ccc(CO)cc1. The number of benzene rings is 1. The predicted molar refractivity (Wildman–Crippen MR) is 77.8 cm³/mol. The molecule has 1 fully saturated rings. The van der Waals surface area contributed by atoms with Gasteiger partial charge >= 0.3 is 0 Å². The molecule has 112 valence electrons. The lowest BCUT2D eigenvalue weighted by Crippen LogP contribution is -2.48. The minimum absolute atomic E-state index is 0.0197. The number of aliphatic hydroxyl groups is 1. The first kappa shape index (κ1) is 15.4. The number of hydrogen-bond acceptors (Lipinski definition) is 4. The van der Waals surface area contributed by atoms with Gasteiger partial charge in [-0.25, -0.2) is 13.1 Å². The Morgan fingerprint density at radius 3 is 2.55 bits per heavy atom. The van der Waals surface area contributed by atoms with Crippen LogP contribution in [-0.2, 0) is 16.6 Å². The maximum Gasteiger partial charge on any atom is 0.240 e. The molecular weight excluding hydrogens is 276 g/mol. The number of piperidine rings is 1. The molecule has 0 bridgehead atoms. The highest BCUT2D eigenvalue weighted by atomic mass is 32.2. The Kier molecular flexibility index (Phi) is 4.80. The molecule has 0 spiro atoms. The summed E-state index contributed by atoms with van der Waals surface area (Å²) in [6.07, 6.45) is 0.825. The van der Waals surface area contributed by atoms with E-state index in [-0.39, 0.29) is 17.5 Å². The molecule has 0 amide bonds. The van der Waals surface area contributed by atoms with Gasteiger partial charge in [-0.3, -0.25) is 0 Å². The van der Waals surface area contributed by atoms with E-state index in [0.29, 0.717) is 11.5 Å². The normalized spacial score (nSPS) is 24.8. The number of nitrogens with zero attached hydrogens (tertiary/aromatic N) is 1. The summed E-state index contributed by atoms with van der Waals surface area (Å²) in [6, 6.07) is 6.31. The van der Waals surface area contributed by atoms with Crippen LogP contribution in [0.25, 0.3) is 0 Å². The second kappa shape index (κ2) is 6.22. The molecule has 2 atom stereocenters. The van der Waals surface area contributed by atoms with Crippen molar-refractivity contribution in [2.24, 2.45) is 5.92 Å². The van der Waals surface area contributed by atoms with Gasteiger partial charge in [0.15, 0.2) is 0 Å². The lowest BCUT2D eigenvalue weighted by atomic mass is 9.95. The molecule has 2 unspecified atom stereocenters. The molecule has 0 aliphatic carbocycles. The summed E-state index contributed by atoms with van der Waals surface area (Å²) in [4.78, 5) is 2.46. The second-order valence-electron chi connectivity index (χ2n) is 5.56. The van der Waals surface area contributed by atoms with E-state index in [1.165, 1.54) is 12.1 Å². The summed E-state index contributed by atoms with van der Waals surface area (Å²) < 4.78 is 27.5. The number of hydrogen-bond donors (Lipinski definition) is 2. The first-order chi connectivity index (χ1) is 9.42. The third-order valence-electron chi connectivity index (χ3n) is 3.83. The lowest BCUT2D eigenvalue weighted by Gasteiger charge is -2.34. The molecule has 2 rings (SSSR count). The Hall–Kier alpha value is -0.950. The Labute approximate surface area is 120 Å². The topological polar surface area (TPSA) is 69.6 Å². The maximum absolute atomic E-state index is 12.3. The molecule has 1 saturated heterocycles. The van der Waals surface area contributed by atoms with Crippen molar-refractivity contribution in [3.05, 3.63) is 29.8 Å². The first-order valence-corrected chi connectivity index (χ1v) is 8.31. The smallest absolute Gasteiger partial charge is 0.240 e. The van der Waals surface area contributed by atoms with E-state index >= 15 is 0 Å². The fraction of sp³-hybridized carbons (Fsp3) is 0.571. The van der Waals surface area contributed by atoms with Crippen LogP contribution in [0.15, 0.2) is 29.2 Å². The molecule has 5 nitrogen and oxygen atoms in total. The Balaban J connectivity index is 2.10. The van der Waals surface area contributed by atoms with E-state index in [9.17, 15) is 8.42 Å². The first-order valence-electron chi connectivity index (χ1n) is 6.83. The molecule has 20 heavy (non-hydrogen) atoms. The zero-order valence-corrected chi connectivity index (χ0v) is 12.7. The van der Waals surface area contributed by atoms with Crippen LogP contribution in [0.5, 0.6) is 0 Å². The van der Waals surface area contributed by atoms with Crippen LogP contribution in [-0.4, -0.2) is 44.6 Å². The number of nitrogens with one attached hydrogen (secondary N) is 1. The summed E-state index contributed by atoms with van der Waals surface area (Å²) in [5.41, 5.74) is 0.705. The van der Waals surface area contributed by atoms with Gasteiger partial charge in [0, 0.05) is 12.6 Å². The summed E-state index contributed by atoms with van der Waals surface area (Å²) in [6.45, 7) is 3.79. The van der Waals surface area contributed by atoms with Crippen LogP contribution < -0.4 is 4.72 Å². The maximum atomic E-state index is 12.3. The van der Waals surface area contributed by atoms with Crippen LogP contribution in [0.3, 0.4) is 0 Å². The Bertz CT molecular complexity index is 542. The van der Waals surface area contributed by atoms with Gasteiger partial charge in [-0.2, -0.15) is 0 Å². The molecule has 1 aliphatic heterocycles. The predicted octanol–water partition coefficient (Wildman–Crippen LogP) is 0.797. The van der Waals surface area contributed by atoms with E-state index in [4.69, 9.17) is 5.11 Å². The zero-order valence-electron chi connectivity index (χ0n) is 11.9. The minimum atomic E-state index is -3.49. The Morgan fingerprint density at radius 1 is 1.35 bits per heavy atom. The van der Waals surface area contributed by atoms with Crippen molar-refractivity contribution in [3.63, 3.8) is 0 Å². The van der Waals surface area contributed by atoms with Gasteiger partial charge in [-0.1, -0.05) is 19.1 Å². The average molecular weight is 298 g/mol. The van der Waals surface area contributed by atoms with E-state index in [0.717, 1.165) is 19.5 Å². The van der Waals surface area contributed by atoms with E-state index in [2.05, 4.69) is 23.6 Å². The van der Waals surface area contributed by atoms with E-state index in [1.807, 2.05) is 0 Å². The highest BCUT2D eigenvalue weighted by Gasteiger charge is 2.28. The zero-order chi connectivity index (χ0) is 14.8. The number of sulfonamides is 1. The third kappa shape index (κ3) is 3.58. The van der Waals surface area contributed by atoms with Crippen molar-refractivity contribution in [3.8, 4) is 0 Å². The average Bonchev–Trinajstić information content (AvgIpc) is 2.42. The summed E-state index contributed by atoms with van der Waals surface area (Å²) >= 11 is 0. The van der Waals surface area contributed by atoms with Crippen molar-refractivity contribution in [2.75, 3.05) is 20.1 Å². The van der Waals surface area contributed by atoms with Crippen LogP contribution >= 0.6 is 0 Å². The van der Waals surface area contributed by atoms with Gasteiger partial charge in [0.2, 0.25) is 10.0 Å². The number of likely N-dealkylation sites (tertiary alicyclic amines) is 1. The summed E-state index contributed by atoms with van der Waals surface area (Å²) in [5, 5.41) is 8.98. The van der Waals surface area contributed by atoms with Crippen LogP contribution in [0.4, 0.5) is 0 Å². The number of rotatable bonds is 4. The van der Waals surface area contributed by atoms with Gasteiger partial charge < -0.3 is 10.0 Å². The number of aliphatic hydroxyl groups excluding tert-OH is 1. The molecular formula is C14H22N2O3S. The van der Waals surface area contributed by atoms with Crippen molar-refractivity contribution in [1.29, 1.82) is 0 Å². The minimum Gasteiger partial charge on any atom is -0.392 e. The lowest BCUT2D eigenvalue weighted by molar-refractivity contribution is 0.188. The van der Waals surface area contributed by atoms with Crippen LogP contribution in [0, 0.1) is 5.92 Å². The molecule has 1 aliphatic rings. The largest absolute Gasteiger partial charge is 0.392 e. The third-order valence-corrected chi connectivity index (χ3v) is 5.34. The molecule has 1 heterocycles.